The zero-order valence-corrected chi connectivity index (χ0v) is 10.4. The van der Waals surface area contributed by atoms with E-state index in [1.807, 2.05) is 0 Å². The molecule has 17 heavy (non-hydrogen) atoms. The Kier molecular flexibility index (Phi) is 3.65. The molecular formula is C14H18N2O. The van der Waals surface area contributed by atoms with Crippen LogP contribution >= 0.6 is 0 Å². The summed E-state index contributed by atoms with van der Waals surface area (Å²) in [5.41, 5.74) is 2.58. The normalized spacial score (nSPS) is 15.2. The van der Waals surface area contributed by atoms with Gasteiger partial charge in [0.2, 0.25) is 0 Å². The van der Waals surface area contributed by atoms with Gasteiger partial charge >= 0.3 is 0 Å². The molecule has 2 rings (SSSR count). The van der Waals surface area contributed by atoms with E-state index in [1.54, 1.807) is 0 Å². The maximum Gasteiger partial charge on any atom is 0.122 e. The number of ether oxygens (including phenoxy) is 1. The summed E-state index contributed by atoms with van der Waals surface area (Å²) in [6.45, 7) is 0.795. The number of benzene rings is 1. The van der Waals surface area contributed by atoms with Crippen molar-refractivity contribution in [2.45, 2.75) is 25.3 Å². The van der Waals surface area contributed by atoms with Crippen LogP contribution in [0, 0.1) is 11.3 Å². The minimum absolute atomic E-state index is 0.320. The molecule has 1 aliphatic heterocycles. The van der Waals surface area contributed by atoms with Gasteiger partial charge in [0.1, 0.15) is 5.75 Å². The molecule has 0 radical (unpaired) electrons. The number of nitrogens with zero attached hydrogens (tertiary/aromatic N) is 2. The smallest absolute Gasteiger partial charge is 0.122 e. The molecule has 0 spiro atoms. The third kappa shape index (κ3) is 2.59. The fourth-order valence-corrected chi connectivity index (χ4v) is 2.34. The van der Waals surface area contributed by atoms with Crippen LogP contribution in [0.4, 0.5) is 0 Å². The largest absolute Gasteiger partial charge is 0.493 e. The van der Waals surface area contributed by atoms with Gasteiger partial charge in [0.25, 0.3) is 0 Å². The van der Waals surface area contributed by atoms with Gasteiger partial charge in [-0.15, -0.1) is 0 Å². The number of fused-ring (bicyclic) bond motifs is 1. The first kappa shape index (κ1) is 11.9. The molecule has 90 valence electrons. The summed E-state index contributed by atoms with van der Waals surface area (Å²) < 4.78 is 5.51. The second-order valence-electron chi connectivity index (χ2n) is 4.64. The Morgan fingerprint density at radius 3 is 3.00 bits per heavy atom. The predicted molar refractivity (Wildman–Crippen MR) is 66.9 cm³/mol. The first-order chi connectivity index (χ1) is 8.22. The first-order valence-corrected chi connectivity index (χ1v) is 6.01. The van der Waals surface area contributed by atoms with Crippen LogP contribution in [0.25, 0.3) is 0 Å². The zero-order chi connectivity index (χ0) is 12.3. The summed E-state index contributed by atoms with van der Waals surface area (Å²) in [6.07, 6.45) is 2.47. The summed E-state index contributed by atoms with van der Waals surface area (Å²) in [7, 11) is 4.12. The van der Waals surface area contributed by atoms with Gasteiger partial charge in [-0.1, -0.05) is 12.1 Å². The molecule has 1 aliphatic rings. The summed E-state index contributed by atoms with van der Waals surface area (Å²) >= 11 is 0. The Bertz CT molecular complexity index is 434. The summed E-state index contributed by atoms with van der Waals surface area (Å²) in [4.78, 5) is 2.18. The molecule has 0 N–H and O–H groups in total. The fraction of sp³-hybridized carbons (Fsp3) is 0.500. The molecule has 1 unspecified atom stereocenters. The molecule has 0 fully saturated rings. The molecule has 1 aromatic carbocycles. The summed E-state index contributed by atoms with van der Waals surface area (Å²) in [5, 5.41) is 8.71. The molecule has 3 nitrogen and oxygen atoms in total. The topological polar surface area (TPSA) is 36.3 Å². The molecule has 0 aliphatic carbocycles. The average molecular weight is 230 g/mol. The van der Waals surface area contributed by atoms with E-state index in [4.69, 9.17) is 10.00 Å². The van der Waals surface area contributed by atoms with Crippen molar-refractivity contribution >= 4 is 0 Å². The van der Waals surface area contributed by atoms with Crippen molar-refractivity contribution < 1.29 is 4.74 Å². The monoisotopic (exact) mass is 230 g/mol. The highest BCUT2D eigenvalue weighted by molar-refractivity contribution is 5.40. The molecule has 1 heterocycles. The van der Waals surface area contributed by atoms with Crippen LogP contribution in [0.3, 0.4) is 0 Å². The summed E-state index contributed by atoms with van der Waals surface area (Å²) in [6, 6.07) is 8.94. The van der Waals surface area contributed by atoms with Gasteiger partial charge < -0.3 is 9.64 Å². The molecule has 0 saturated heterocycles. The van der Waals surface area contributed by atoms with E-state index < -0.39 is 0 Å². The highest BCUT2D eigenvalue weighted by Crippen LogP contribution is 2.31. The van der Waals surface area contributed by atoms with Crippen molar-refractivity contribution in [3.63, 3.8) is 0 Å². The average Bonchev–Trinajstić information content (AvgIpc) is 2.76. The maximum atomic E-state index is 8.71. The Morgan fingerprint density at radius 1 is 1.47 bits per heavy atom. The standard InChI is InChI=1S/C14H18N2O/c1-16(2)13(4-3-8-15)11-5-6-14-12(10-11)7-9-17-14/h5-6,10,13H,3-4,7,9H2,1-2H3. The van der Waals surface area contributed by atoms with E-state index in [1.165, 1.54) is 11.1 Å². The van der Waals surface area contributed by atoms with Crippen LogP contribution in [0.15, 0.2) is 18.2 Å². The van der Waals surface area contributed by atoms with Crippen LogP contribution in [0.2, 0.25) is 0 Å². The van der Waals surface area contributed by atoms with Crippen molar-refractivity contribution in [2.75, 3.05) is 20.7 Å². The van der Waals surface area contributed by atoms with E-state index >= 15 is 0 Å². The van der Waals surface area contributed by atoms with Gasteiger partial charge in [-0.05, 0) is 37.7 Å². The molecule has 3 heteroatoms. The number of rotatable bonds is 4. The van der Waals surface area contributed by atoms with E-state index in [0.29, 0.717) is 12.5 Å². The summed E-state index contributed by atoms with van der Waals surface area (Å²) in [5.74, 6) is 1.02. The van der Waals surface area contributed by atoms with E-state index in [2.05, 4.69) is 43.3 Å². The van der Waals surface area contributed by atoms with Gasteiger partial charge in [-0.25, -0.2) is 0 Å². The van der Waals surface area contributed by atoms with Crippen LogP contribution in [-0.2, 0) is 6.42 Å². The fourth-order valence-electron chi connectivity index (χ4n) is 2.34. The minimum atomic E-state index is 0.320. The van der Waals surface area contributed by atoms with Gasteiger partial charge in [0.15, 0.2) is 0 Å². The van der Waals surface area contributed by atoms with Crippen molar-refractivity contribution in [1.29, 1.82) is 5.26 Å². The lowest BCUT2D eigenvalue weighted by molar-refractivity contribution is 0.286. The lowest BCUT2D eigenvalue weighted by Gasteiger charge is -2.24. The third-order valence-corrected chi connectivity index (χ3v) is 3.25. The van der Waals surface area contributed by atoms with E-state index in [9.17, 15) is 0 Å². The zero-order valence-electron chi connectivity index (χ0n) is 10.4. The Hall–Kier alpha value is -1.53. The van der Waals surface area contributed by atoms with Crippen LogP contribution < -0.4 is 4.74 Å². The van der Waals surface area contributed by atoms with Crippen molar-refractivity contribution in [3.8, 4) is 11.8 Å². The Balaban J connectivity index is 2.21. The molecule has 0 amide bonds. The van der Waals surface area contributed by atoms with Crippen LogP contribution in [-0.4, -0.2) is 25.6 Å². The highest BCUT2D eigenvalue weighted by Gasteiger charge is 2.18. The number of hydrogen-bond acceptors (Lipinski definition) is 3. The highest BCUT2D eigenvalue weighted by atomic mass is 16.5. The first-order valence-electron chi connectivity index (χ1n) is 6.01. The van der Waals surface area contributed by atoms with Gasteiger partial charge in [-0.3, -0.25) is 0 Å². The van der Waals surface area contributed by atoms with Crippen molar-refractivity contribution in [2.24, 2.45) is 0 Å². The van der Waals surface area contributed by atoms with Crippen LogP contribution in [0.1, 0.15) is 30.0 Å². The van der Waals surface area contributed by atoms with E-state index in [0.717, 1.165) is 25.2 Å². The third-order valence-electron chi connectivity index (χ3n) is 3.25. The predicted octanol–water partition coefficient (Wildman–Crippen LogP) is 2.53. The quantitative estimate of drug-likeness (QED) is 0.797. The van der Waals surface area contributed by atoms with Gasteiger partial charge in [0, 0.05) is 18.9 Å². The van der Waals surface area contributed by atoms with Gasteiger partial charge in [-0.2, -0.15) is 5.26 Å². The molecule has 0 aromatic heterocycles. The number of nitriles is 1. The van der Waals surface area contributed by atoms with Gasteiger partial charge in [0.05, 0.1) is 12.7 Å². The van der Waals surface area contributed by atoms with E-state index in [-0.39, 0.29) is 0 Å². The molecule has 0 saturated carbocycles. The second kappa shape index (κ2) is 5.20. The lowest BCUT2D eigenvalue weighted by Crippen LogP contribution is -2.19. The molecular weight excluding hydrogens is 212 g/mol. The molecule has 0 bridgehead atoms. The Labute approximate surface area is 103 Å². The number of hydrogen-bond donors (Lipinski definition) is 0. The molecule has 1 atom stereocenters. The van der Waals surface area contributed by atoms with Crippen molar-refractivity contribution in [3.05, 3.63) is 29.3 Å². The molecule has 1 aromatic rings. The maximum absolute atomic E-state index is 8.71. The Morgan fingerprint density at radius 2 is 2.29 bits per heavy atom. The van der Waals surface area contributed by atoms with Crippen LogP contribution in [0.5, 0.6) is 5.75 Å². The SMILES string of the molecule is CN(C)C(CCC#N)c1ccc2c(c1)CCO2. The lowest BCUT2D eigenvalue weighted by atomic mass is 9.98. The second-order valence-corrected chi connectivity index (χ2v) is 4.64. The van der Waals surface area contributed by atoms with Crippen molar-refractivity contribution in [1.82, 2.24) is 4.90 Å². The minimum Gasteiger partial charge on any atom is -0.493 e.